The van der Waals surface area contributed by atoms with Gasteiger partial charge in [-0.15, -0.1) is 0 Å². The summed E-state index contributed by atoms with van der Waals surface area (Å²) in [6.45, 7) is 4.00. The van der Waals surface area contributed by atoms with Crippen LogP contribution in [0.5, 0.6) is 5.75 Å². The summed E-state index contributed by atoms with van der Waals surface area (Å²) in [4.78, 5) is 22.7. The number of methoxy groups -OCH3 is 1. The molecule has 4 rings (SSSR count). The van der Waals surface area contributed by atoms with Crippen LogP contribution in [0.15, 0.2) is 18.2 Å². The number of carbonyl (C=O) groups is 1. The van der Waals surface area contributed by atoms with Crippen LogP contribution in [0.2, 0.25) is 0 Å². The second-order valence-corrected chi connectivity index (χ2v) is 8.84. The van der Waals surface area contributed by atoms with E-state index in [9.17, 15) is 4.79 Å². The quantitative estimate of drug-likeness (QED) is 0.700. The number of benzene rings is 1. The van der Waals surface area contributed by atoms with Crippen molar-refractivity contribution in [2.45, 2.75) is 71.6 Å². The molecule has 30 heavy (non-hydrogen) atoms. The van der Waals surface area contributed by atoms with E-state index in [0.717, 1.165) is 54.1 Å². The summed E-state index contributed by atoms with van der Waals surface area (Å²) >= 11 is 0. The molecular weight excluding hydrogens is 374 g/mol. The van der Waals surface area contributed by atoms with Crippen molar-refractivity contribution >= 4 is 11.7 Å². The Morgan fingerprint density at radius 2 is 2.00 bits per heavy atom. The molecule has 1 amide bonds. The van der Waals surface area contributed by atoms with Gasteiger partial charge < -0.3 is 10.1 Å². The maximum Gasteiger partial charge on any atom is 0.228 e. The third kappa shape index (κ3) is 4.35. The van der Waals surface area contributed by atoms with Crippen LogP contribution in [0.25, 0.3) is 11.3 Å². The predicted molar refractivity (Wildman–Crippen MR) is 120 cm³/mol. The van der Waals surface area contributed by atoms with Gasteiger partial charge in [0.15, 0.2) is 5.82 Å². The number of ether oxygens (including phenoxy) is 1. The van der Waals surface area contributed by atoms with Crippen molar-refractivity contribution in [2.75, 3.05) is 12.4 Å². The van der Waals surface area contributed by atoms with Gasteiger partial charge in [-0.2, -0.15) is 0 Å². The highest BCUT2D eigenvalue weighted by Crippen LogP contribution is 2.36. The van der Waals surface area contributed by atoms with Gasteiger partial charge in [-0.3, -0.25) is 4.79 Å². The molecule has 1 aromatic heterocycles. The summed E-state index contributed by atoms with van der Waals surface area (Å²) < 4.78 is 5.40. The molecule has 0 radical (unpaired) electrons. The summed E-state index contributed by atoms with van der Waals surface area (Å²) in [5, 5.41) is 3.11. The summed E-state index contributed by atoms with van der Waals surface area (Å²) in [7, 11) is 1.70. The van der Waals surface area contributed by atoms with Crippen LogP contribution in [0.3, 0.4) is 0 Å². The van der Waals surface area contributed by atoms with Crippen molar-refractivity contribution in [1.82, 2.24) is 9.97 Å². The average Bonchev–Trinajstić information content (AvgIpc) is 2.79. The van der Waals surface area contributed by atoms with Gasteiger partial charge in [-0.1, -0.05) is 46.0 Å². The molecule has 0 bridgehead atoms. The lowest BCUT2D eigenvalue weighted by molar-refractivity contribution is -0.119. The Morgan fingerprint density at radius 1 is 1.20 bits per heavy atom. The van der Waals surface area contributed by atoms with Gasteiger partial charge in [0.1, 0.15) is 5.75 Å². The Labute approximate surface area is 179 Å². The molecule has 0 aliphatic heterocycles. The molecule has 5 heteroatoms. The molecule has 160 valence electrons. The Kier molecular flexibility index (Phi) is 6.35. The number of rotatable bonds is 6. The zero-order valence-electron chi connectivity index (χ0n) is 18.5. The van der Waals surface area contributed by atoms with Gasteiger partial charge in [0, 0.05) is 11.5 Å². The highest BCUT2D eigenvalue weighted by atomic mass is 16.5. The molecule has 2 aliphatic carbocycles. The lowest BCUT2D eigenvalue weighted by atomic mass is 9.85. The molecule has 0 spiro atoms. The molecule has 2 aliphatic rings. The summed E-state index contributed by atoms with van der Waals surface area (Å²) in [6.07, 6.45) is 9.85. The number of carbonyl (C=O) groups excluding carboxylic acids is 1. The van der Waals surface area contributed by atoms with E-state index in [2.05, 4.69) is 17.4 Å². The van der Waals surface area contributed by atoms with E-state index in [1.54, 1.807) is 7.11 Å². The largest absolute Gasteiger partial charge is 0.497 e. The van der Waals surface area contributed by atoms with Crippen molar-refractivity contribution in [3.63, 3.8) is 0 Å². The molecular formula is C25H33N3O2. The summed E-state index contributed by atoms with van der Waals surface area (Å²) in [6, 6.07) is 6.21. The van der Waals surface area contributed by atoms with Crippen LogP contribution < -0.4 is 10.1 Å². The zero-order valence-corrected chi connectivity index (χ0v) is 18.5. The molecule has 2 aromatic rings. The normalized spacial score (nSPS) is 17.0. The Balaban J connectivity index is 1.71. The van der Waals surface area contributed by atoms with Crippen LogP contribution in [0.4, 0.5) is 5.82 Å². The number of aromatic nitrogens is 2. The van der Waals surface area contributed by atoms with Gasteiger partial charge in [-0.05, 0) is 55.4 Å². The molecule has 1 fully saturated rings. The molecule has 1 aromatic carbocycles. The fourth-order valence-corrected chi connectivity index (χ4v) is 4.62. The molecule has 1 unspecified atom stereocenters. The van der Waals surface area contributed by atoms with Crippen molar-refractivity contribution in [3.05, 3.63) is 35.2 Å². The third-order valence-electron chi connectivity index (χ3n) is 6.75. The van der Waals surface area contributed by atoms with E-state index in [4.69, 9.17) is 14.7 Å². The summed E-state index contributed by atoms with van der Waals surface area (Å²) in [5.74, 6) is 2.20. The van der Waals surface area contributed by atoms with Crippen molar-refractivity contribution in [3.8, 4) is 17.0 Å². The average molecular weight is 408 g/mol. The smallest absolute Gasteiger partial charge is 0.228 e. The van der Waals surface area contributed by atoms with E-state index >= 15 is 0 Å². The lowest BCUT2D eigenvalue weighted by Gasteiger charge is -2.25. The maximum atomic E-state index is 12.6. The number of aryl methyl sites for hydroxylation is 2. The van der Waals surface area contributed by atoms with Gasteiger partial charge in [0.25, 0.3) is 0 Å². The van der Waals surface area contributed by atoms with Gasteiger partial charge in [0.2, 0.25) is 5.91 Å². The fraction of sp³-hybridized carbons (Fsp3) is 0.560. The van der Waals surface area contributed by atoms with Crippen LogP contribution in [-0.4, -0.2) is 23.0 Å². The van der Waals surface area contributed by atoms with Crippen LogP contribution in [-0.2, 0) is 24.1 Å². The number of nitrogens with zero attached hydrogens (tertiary/aromatic N) is 2. The van der Waals surface area contributed by atoms with Crippen LogP contribution in [0, 0.1) is 11.8 Å². The van der Waals surface area contributed by atoms with Gasteiger partial charge >= 0.3 is 0 Å². The Bertz CT molecular complexity index is 919. The fourth-order valence-electron chi connectivity index (χ4n) is 4.62. The minimum Gasteiger partial charge on any atom is -0.497 e. The SMILES string of the molecule is CCC(C)C(=O)Nc1nc2c(nc1CC1CCCCC1)-c1ccc(OC)cc1CC2. The highest BCUT2D eigenvalue weighted by Gasteiger charge is 2.25. The molecule has 0 saturated heterocycles. The number of nitrogens with one attached hydrogen (secondary N) is 1. The Hall–Kier alpha value is -2.43. The van der Waals surface area contributed by atoms with Crippen molar-refractivity contribution < 1.29 is 9.53 Å². The first-order valence-electron chi connectivity index (χ1n) is 11.5. The first-order valence-corrected chi connectivity index (χ1v) is 11.5. The van der Waals surface area contributed by atoms with E-state index in [-0.39, 0.29) is 11.8 Å². The Morgan fingerprint density at radius 3 is 2.73 bits per heavy atom. The molecule has 1 N–H and O–H groups in total. The number of hydrogen-bond acceptors (Lipinski definition) is 4. The molecule has 1 atom stereocenters. The second-order valence-electron chi connectivity index (χ2n) is 8.84. The molecule has 1 saturated carbocycles. The standard InChI is InChI=1S/C25H33N3O2/c1-4-16(2)25(29)28-24-22(14-17-8-6-5-7-9-17)26-23-20-12-11-19(30-3)15-18(20)10-13-21(23)27-24/h11-12,15-17H,4-10,13-14H2,1-3H3,(H,27,28,29). The minimum atomic E-state index is -0.0291. The van der Waals surface area contributed by atoms with Gasteiger partial charge in [-0.25, -0.2) is 9.97 Å². The molecule has 5 nitrogen and oxygen atoms in total. The first kappa shape index (κ1) is 20.8. The zero-order chi connectivity index (χ0) is 21.1. The van der Waals surface area contributed by atoms with Crippen molar-refractivity contribution in [1.29, 1.82) is 0 Å². The van der Waals surface area contributed by atoms with E-state index < -0.39 is 0 Å². The number of hydrogen-bond donors (Lipinski definition) is 1. The first-order chi connectivity index (χ1) is 14.6. The molecule has 1 heterocycles. The van der Waals surface area contributed by atoms with E-state index in [0.29, 0.717) is 11.7 Å². The predicted octanol–water partition coefficient (Wildman–Crippen LogP) is 5.36. The van der Waals surface area contributed by atoms with E-state index in [1.807, 2.05) is 19.9 Å². The van der Waals surface area contributed by atoms with Gasteiger partial charge in [0.05, 0.1) is 24.2 Å². The lowest BCUT2D eigenvalue weighted by Crippen LogP contribution is -2.24. The minimum absolute atomic E-state index is 0.0291. The monoisotopic (exact) mass is 407 g/mol. The number of amides is 1. The summed E-state index contributed by atoms with van der Waals surface area (Å²) in [5.41, 5.74) is 5.32. The topological polar surface area (TPSA) is 64.1 Å². The third-order valence-corrected chi connectivity index (χ3v) is 6.75. The van der Waals surface area contributed by atoms with Crippen LogP contribution in [0.1, 0.15) is 69.3 Å². The van der Waals surface area contributed by atoms with Crippen LogP contribution >= 0.6 is 0 Å². The highest BCUT2D eigenvalue weighted by molar-refractivity contribution is 5.92. The van der Waals surface area contributed by atoms with Crippen molar-refractivity contribution in [2.24, 2.45) is 11.8 Å². The second kappa shape index (κ2) is 9.15. The number of fused-ring (bicyclic) bond motifs is 3. The maximum absolute atomic E-state index is 12.6. The number of anilines is 1. The van der Waals surface area contributed by atoms with E-state index in [1.165, 1.54) is 37.7 Å².